The predicted molar refractivity (Wildman–Crippen MR) is 98.1 cm³/mol. The minimum Gasteiger partial charge on any atom is -0.329 e. The number of nitrogens with two attached hydrogens (primary N) is 1. The Morgan fingerprint density at radius 1 is 1.05 bits per heavy atom. The first-order chi connectivity index (χ1) is 10.7. The van der Waals surface area contributed by atoms with E-state index in [-0.39, 0.29) is 0 Å². The standard InChI is InChI=1S/C18H27N3S/c1-14(2)11-17(13-19)20-9-10-21-22-18-8-7-15-5-3-4-6-16(15)12-18/h3-8,12,14,17,20-21H,9-11,13,19H2,1-2H3. The molecule has 0 saturated carbocycles. The van der Waals surface area contributed by atoms with Gasteiger partial charge in [-0.3, -0.25) is 4.72 Å². The van der Waals surface area contributed by atoms with Crippen molar-refractivity contribution >= 4 is 22.7 Å². The summed E-state index contributed by atoms with van der Waals surface area (Å²) in [5, 5.41) is 6.09. The molecule has 0 aliphatic rings. The topological polar surface area (TPSA) is 50.1 Å². The Bertz CT molecular complexity index is 571. The second-order valence-electron chi connectivity index (χ2n) is 6.02. The lowest BCUT2D eigenvalue weighted by Crippen LogP contribution is -2.39. The van der Waals surface area contributed by atoms with E-state index in [0.717, 1.165) is 19.5 Å². The molecule has 2 aromatic carbocycles. The Hall–Kier alpha value is -1.07. The van der Waals surface area contributed by atoms with Gasteiger partial charge in [0.1, 0.15) is 0 Å². The molecule has 0 bridgehead atoms. The third kappa shape index (κ3) is 5.61. The van der Waals surface area contributed by atoms with E-state index in [1.54, 1.807) is 11.9 Å². The number of hydrogen-bond donors (Lipinski definition) is 3. The van der Waals surface area contributed by atoms with Crippen LogP contribution in [0.15, 0.2) is 47.4 Å². The summed E-state index contributed by atoms with van der Waals surface area (Å²) < 4.78 is 3.41. The average Bonchev–Trinajstić information content (AvgIpc) is 2.53. The zero-order chi connectivity index (χ0) is 15.8. The van der Waals surface area contributed by atoms with E-state index in [1.807, 2.05) is 0 Å². The fourth-order valence-electron chi connectivity index (χ4n) is 2.52. The Kier molecular flexibility index (Phi) is 7.19. The molecule has 0 aromatic heterocycles. The lowest BCUT2D eigenvalue weighted by Gasteiger charge is -2.18. The molecule has 0 radical (unpaired) electrons. The first-order valence-electron chi connectivity index (χ1n) is 8.01. The SMILES string of the molecule is CC(C)CC(CN)NCCNSc1ccc2ccccc2c1. The zero-order valence-corrected chi connectivity index (χ0v) is 14.3. The van der Waals surface area contributed by atoms with Crippen LogP contribution in [0.1, 0.15) is 20.3 Å². The molecule has 1 unspecified atom stereocenters. The Morgan fingerprint density at radius 2 is 1.82 bits per heavy atom. The van der Waals surface area contributed by atoms with Crippen LogP contribution in [0.5, 0.6) is 0 Å². The highest BCUT2D eigenvalue weighted by Gasteiger charge is 2.07. The molecule has 0 aliphatic carbocycles. The first-order valence-corrected chi connectivity index (χ1v) is 8.82. The summed E-state index contributed by atoms with van der Waals surface area (Å²) in [6.07, 6.45) is 1.13. The molecule has 0 spiro atoms. The molecule has 22 heavy (non-hydrogen) atoms. The number of hydrogen-bond acceptors (Lipinski definition) is 4. The first kappa shape index (κ1) is 17.3. The van der Waals surface area contributed by atoms with Crippen LogP contribution in [-0.4, -0.2) is 25.7 Å². The molecule has 2 rings (SSSR count). The van der Waals surface area contributed by atoms with Gasteiger partial charge in [-0.25, -0.2) is 0 Å². The molecule has 0 amide bonds. The Morgan fingerprint density at radius 3 is 2.55 bits per heavy atom. The second-order valence-corrected chi connectivity index (χ2v) is 6.99. The van der Waals surface area contributed by atoms with E-state index in [2.05, 4.69) is 66.4 Å². The van der Waals surface area contributed by atoms with Gasteiger partial charge >= 0.3 is 0 Å². The third-order valence-electron chi connectivity index (χ3n) is 3.61. The lowest BCUT2D eigenvalue weighted by molar-refractivity contribution is 0.427. The molecule has 0 heterocycles. The van der Waals surface area contributed by atoms with Gasteiger partial charge in [0.25, 0.3) is 0 Å². The highest BCUT2D eigenvalue weighted by molar-refractivity contribution is 7.97. The molecular formula is C18H27N3S. The van der Waals surface area contributed by atoms with Crippen LogP contribution >= 0.6 is 11.9 Å². The number of nitrogens with one attached hydrogen (secondary N) is 2. The van der Waals surface area contributed by atoms with Gasteiger partial charge in [0.05, 0.1) is 0 Å². The maximum atomic E-state index is 5.79. The van der Waals surface area contributed by atoms with Gasteiger partial charge in [0.15, 0.2) is 0 Å². The Labute approximate surface area is 138 Å². The van der Waals surface area contributed by atoms with Gasteiger partial charge in [-0.05, 0) is 47.2 Å². The van der Waals surface area contributed by atoms with E-state index >= 15 is 0 Å². The van der Waals surface area contributed by atoms with E-state index < -0.39 is 0 Å². The maximum absolute atomic E-state index is 5.79. The van der Waals surface area contributed by atoms with Crippen molar-refractivity contribution in [2.24, 2.45) is 11.7 Å². The van der Waals surface area contributed by atoms with Crippen LogP contribution in [0, 0.1) is 5.92 Å². The number of rotatable bonds is 9. The van der Waals surface area contributed by atoms with Crippen molar-refractivity contribution in [2.45, 2.75) is 31.2 Å². The second kappa shape index (κ2) is 9.16. The van der Waals surface area contributed by atoms with Crippen molar-refractivity contribution in [1.29, 1.82) is 0 Å². The summed E-state index contributed by atoms with van der Waals surface area (Å²) in [5.41, 5.74) is 5.79. The van der Waals surface area contributed by atoms with Crippen molar-refractivity contribution in [3.8, 4) is 0 Å². The van der Waals surface area contributed by atoms with Crippen molar-refractivity contribution in [3.63, 3.8) is 0 Å². The molecule has 0 fully saturated rings. The van der Waals surface area contributed by atoms with Crippen LogP contribution in [0.4, 0.5) is 0 Å². The fourth-order valence-corrected chi connectivity index (χ4v) is 3.22. The Balaban J connectivity index is 1.71. The summed E-state index contributed by atoms with van der Waals surface area (Å²) in [6, 6.07) is 15.4. The quantitative estimate of drug-likeness (QED) is 0.490. The largest absolute Gasteiger partial charge is 0.329 e. The number of fused-ring (bicyclic) bond motifs is 1. The smallest absolute Gasteiger partial charge is 0.0234 e. The van der Waals surface area contributed by atoms with Crippen LogP contribution in [0.2, 0.25) is 0 Å². The summed E-state index contributed by atoms with van der Waals surface area (Å²) >= 11 is 1.69. The number of benzene rings is 2. The fraction of sp³-hybridized carbons (Fsp3) is 0.444. The highest BCUT2D eigenvalue weighted by Crippen LogP contribution is 2.21. The molecule has 0 saturated heterocycles. The van der Waals surface area contributed by atoms with Gasteiger partial charge in [-0.15, -0.1) is 0 Å². The summed E-state index contributed by atoms with van der Waals surface area (Å²) in [5.74, 6) is 0.681. The van der Waals surface area contributed by atoms with Crippen LogP contribution in [0.25, 0.3) is 10.8 Å². The molecule has 1 atom stereocenters. The highest BCUT2D eigenvalue weighted by atomic mass is 32.2. The van der Waals surface area contributed by atoms with Crippen molar-refractivity contribution in [1.82, 2.24) is 10.0 Å². The lowest BCUT2D eigenvalue weighted by atomic mass is 10.0. The van der Waals surface area contributed by atoms with Crippen LogP contribution in [0.3, 0.4) is 0 Å². The summed E-state index contributed by atoms with van der Waals surface area (Å²) in [7, 11) is 0. The molecule has 2 aromatic rings. The third-order valence-corrected chi connectivity index (χ3v) is 4.45. The molecule has 120 valence electrons. The molecular weight excluding hydrogens is 290 g/mol. The van der Waals surface area contributed by atoms with E-state index in [0.29, 0.717) is 18.5 Å². The maximum Gasteiger partial charge on any atom is 0.0234 e. The predicted octanol–water partition coefficient (Wildman–Crippen LogP) is 3.40. The summed E-state index contributed by atoms with van der Waals surface area (Å²) in [4.78, 5) is 1.25. The van der Waals surface area contributed by atoms with E-state index in [1.165, 1.54) is 15.7 Å². The van der Waals surface area contributed by atoms with Gasteiger partial charge in [-0.1, -0.05) is 44.2 Å². The van der Waals surface area contributed by atoms with Gasteiger partial charge in [-0.2, -0.15) is 0 Å². The monoisotopic (exact) mass is 317 g/mol. The summed E-state index contributed by atoms with van der Waals surface area (Å²) in [6.45, 7) is 7.04. The molecule has 4 heteroatoms. The zero-order valence-electron chi connectivity index (χ0n) is 13.5. The minimum atomic E-state index is 0.424. The average molecular weight is 318 g/mol. The molecule has 3 nitrogen and oxygen atoms in total. The van der Waals surface area contributed by atoms with Gasteiger partial charge in [0, 0.05) is 30.6 Å². The van der Waals surface area contributed by atoms with Crippen LogP contribution in [-0.2, 0) is 0 Å². The van der Waals surface area contributed by atoms with Gasteiger partial charge in [0.2, 0.25) is 0 Å². The van der Waals surface area contributed by atoms with Crippen LogP contribution < -0.4 is 15.8 Å². The van der Waals surface area contributed by atoms with Crippen molar-refractivity contribution < 1.29 is 0 Å². The normalized spacial score (nSPS) is 12.9. The molecule has 4 N–H and O–H groups in total. The van der Waals surface area contributed by atoms with Crippen molar-refractivity contribution in [2.75, 3.05) is 19.6 Å². The van der Waals surface area contributed by atoms with E-state index in [9.17, 15) is 0 Å². The van der Waals surface area contributed by atoms with Crippen molar-refractivity contribution in [3.05, 3.63) is 42.5 Å². The minimum absolute atomic E-state index is 0.424. The van der Waals surface area contributed by atoms with Gasteiger partial charge < -0.3 is 11.1 Å². The molecule has 0 aliphatic heterocycles. The van der Waals surface area contributed by atoms with E-state index in [4.69, 9.17) is 5.73 Å².